The second-order valence-corrected chi connectivity index (χ2v) is 8.44. The molecule has 150 valence electrons. The Hall–Kier alpha value is -2.14. The Bertz CT molecular complexity index is 975. The van der Waals surface area contributed by atoms with Crippen LogP contribution in [0, 0.1) is 0 Å². The molecule has 0 fully saturated rings. The Morgan fingerprint density at radius 3 is 2.24 bits per heavy atom. The van der Waals surface area contributed by atoms with Crippen molar-refractivity contribution in [3.63, 3.8) is 0 Å². The molecule has 0 bridgehead atoms. The van der Waals surface area contributed by atoms with Gasteiger partial charge in [0.05, 0.1) is 13.2 Å². The van der Waals surface area contributed by atoms with Crippen LogP contribution in [0.3, 0.4) is 0 Å². The summed E-state index contributed by atoms with van der Waals surface area (Å²) in [6, 6.07) is 20.5. The molecule has 0 aliphatic carbocycles. The lowest BCUT2D eigenvalue weighted by Crippen LogP contribution is -2.26. The molecule has 6 heteroatoms. The summed E-state index contributed by atoms with van der Waals surface area (Å²) in [5.74, 6) is 1.31. The van der Waals surface area contributed by atoms with Crippen LogP contribution in [0.15, 0.2) is 71.6 Å². The minimum absolute atomic E-state index is 0.131. The number of ether oxygens (including phenoxy) is 1. The second kappa shape index (κ2) is 10.1. The molecule has 0 spiro atoms. The number of rotatable bonds is 7. The second-order valence-electron chi connectivity index (χ2n) is 6.52. The van der Waals surface area contributed by atoms with Gasteiger partial charge in [-0.25, -0.2) is 0 Å². The molecule has 0 radical (unpaired) electrons. The van der Waals surface area contributed by atoms with Gasteiger partial charge in [0.25, 0.3) is 5.91 Å². The SMILES string of the molecule is COc1ccc(C(=O)NC(C)c2ccc(Cl)cc2)cc1CSc1ccc(Cl)cc1. The molecule has 1 amide bonds. The Kier molecular flexibility index (Phi) is 7.48. The van der Waals surface area contributed by atoms with Gasteiger partial charge in [-0.3, -0.25) is 4.79 Å². The topological polar surface area (TPSA) is 38.3 Å². The summed E-state index contributed by atoms with van der Waals surface area (Å²) < 4.78 is 5.47. The van der Waals surface area contributed by atoms with Crippen molar-refractivity contribution in [3.05, 3.63) is 93.5 Å². The molecule has 1 atom stereocenters. The van der Waals surface area contributed by atoms with Crippen LogP contribution in [0.5, 0.6) is 5.75 Å². The molecule has 3 nitrogen and oxygen atoms in total. The Morgan fingerprint density at radius 1 is 1.00 bits per heavy atom. The lowest BCUT2D eigenvalue weighted by atomic mass is 10.1. The minimum atomic E-state index is -0.132. The van der Waals surface area contributed by atoms with Crippen molar-refractivity contribution in [1.29, 1.82) is 0 Å². The van der Waals surface area contributed by atoms with Gasteiger partial charge in [0.1, 0.15) is 5.75 Å². The van der Waals surface area contributed by atoms with Gasteiger partial charge in [-0.1, -0.05) is 35.3 Å². The first kappa shape index (κ1) is 21.6. The Balaban J connectivity index is 1.71. The smallest absolute Gasteiger partial charge is 0.251 e. The number of hydrogen-bond donors (Lipinski definition) is 1. The van der Waals surface area contributed by atoms with E-state index in [0.717, 1.165) is 21.8 Å². The lowest BCUT2D eigenvalue weighted by Gasteiger charge is -2.16. The predicted octanol–water partition coefficient (Wildman–Crippen LogP) is 6.79. The van der Waals surface area contributed by atoms with Crippen molar-refractivity contribution in [2.45, 2.75) is 23.6 Å². The molecule has 0 saturated heterocycles. The van der Waals surface area contributed by atoms with Gasteiger partial charge >= 0.3 is 0 Å². The zero-order valence-electron chi connectivity index (χ0n) is 16.1. The third-order valence-corrected chi connectivity index (χ3v) is 6.03. The number of thioether (sulfide) groups is 1. The van der Waals surface area contributed by atoms with Crippen LogP contribution in [-0.4, -0.2) is 13.0 Å². The molecule has 0 aliphatic heterocycles. The molecule has 3 aromatic rings. The van der Waals surface area contributed by atoms with E-state index in [9.17, 15) is 4.79 Å². The van der Waals surface area contributed by atoms with Crippen LogP contribution >= 0.6 is 35.0 Å². The minimum Gasteiger partial charge on any atom is -0.496 e. The van der Waals surface area contributed by atoms with Crippen LogP contribution in [0.1, 0.15) is 34.5 Å². The summed E-state index contributed by atoms with van der Waals surface area (Å²) in [6.07, 6.45) is 0. The van der Waals surface area contributed by atoms with E-state index < -0.39 is 0 Å². The van der Waals surface area contributed by atoms with E-state index >= 15 is 0 Å². The molecular weight excluding hydrogens is 425 g/mol. The quantitative estimate of drug-likeness (QED) is 0.407. The average Bonchev–Trinajstić information content (AvgIpc) is 2.73. The van der Waals surface area contributed by atoms with E-state index in [0.29, 0.717) is 21.4 Å². The first-order chi connectivity index (χ1) is 14.0. The standard InChI is InChI=1S/C23H21Cl2NO2S/c1-15(16-3-6-19(24)7-4-16)26-23(27)17-5-12-22(28-2)18(13-17)14-29-21-10-8-20(25)9-11-21/h3-13,15H,14H2,1-2H3,(H,26,27). The predicted molar refractivity (Wildman–Crippen MR) is 121 cm³/mol. The van der Waals surface area contributed by atoms with Crippen LogP contribution in [-0.2, 0) is 5.75 Å². The first-order valence-corrected chi connectivity index (χ1v) is 10.8. The summed E-state index contributed by atoms with van der Waals surface area (Å²) in [7, 11) is 1.63. The number of carbonyl (C=O) groups excluding carboxylic acids is 1. The Morgan fingerprint density at radius 2 is 1.62 bits per heavy atom. The average molecular weight is 446 g/mol. The molecule has 3 aromatic carbocycles. The van der Waals surface area contributed by atoms with E-state index in [4.69, 9.17) is 27.9 Å². The summed E-state index contributed by atoms with van der Waals surface area (Å²) in [6.45, 7) is 1.95. The molecule has 29 heavy (non-hydrogen) atoms. The first-order valence-electron chi connectivity index (χ1n) is 9.08. The van der Waals surface area contributed by atoms with Gasteiger partial charge in [-0.2, -0.15) is 0 Å². The monoisotopic (exact) mass is 445 g/mol. The lowest BCUT2D eigenvalue weighted by molar-refractivity contribution is 0.0939. The van der Waals surface area contributed by atoms with Crippen molar-refractivity contribution in [2.75, 3.05) is 7.11 Å². The summed E-state index contributed by atoms with van der Waals surface area (Å²) in [4.78, 5) is 13.9. The highest BCUT2D eigenvalue weighted by molar-refractivity contribution is 7.98. The highest BCUT2D eigenvalue weighted by Crippen LogP contribution is 2.29. The fourth-order valence-corrected chi connectivity index (χ4v) is 3.97. The van der Waals surface area contributed by atoms with Crippen LogP contribution in [0.25, 0.3) is 0 Å². The van der Waals surface area contributed by atoms with Gasteiger partial charge in [0.2, 0.25) is 0 Å². The molecule has 0 saturated carbocycles. The molecule has 3 rings (SSSR count). The van der Waals surface area contributed by atoms with Crippen LogP contribution < -0.4 is 10.1 Å². The van der Waals surface area contributed by atoms with Crippen molar-refractivity contribution in [3.8, 4) is 5.75 Å². The van der Waals surface area contributed by atoms with Gasteiger partial charge in [0, 0.05) is 31.8 Å². The van der Waals surface area contributed by atoms with E-state index in [1.54, 1.807) is 24.9 Å². The van der Waals surface area contributed by atoms with Gasteiger partial charge in [-0.05, 0) is 67.1 Å². The third-order valence-electron chi connectivity index (χ3n) is 4.47. The van der Waals surface area contributed by atoms with E-state index in [1.165, 1.54) is 0 Å². The third kappa shape index (κ3) is 5.92. The number of benzene rings is 3. The van der Waals surface area contributed by atoms with Gasteiger partial charge < -0.3 is 10.1 Å². The van der Waals surface area contributed by atoms with E-state index in [1.807, 2.05) is 67.6 Å². The van der Waals surface area contributed by atoms with Crippen molar-refractivity contribution < 1.29 is 9.53 Å². The largest absolute Gasteiger partial charge is 0.496 e. The number of nitrogens with one attached hydrogen (secondary N) is 1. The number of halogens is 2. The molecule has 0 aromatic heterocycles. The zero-order valence-corrected chi connectivity index (χ0v) is 18.4. The zero-order chi connectivity index (χ0) is 20.8. The molecular formula is C23H21Cl2NO2S. The maximum Gasteiger partial charge on any atom is 0.251 e. The number of amides is 1. The van der Waals surface area contributed by atoms with Crippen LogP contribution in [0.4, 0.5) is 0 Å². The van der Waals surface area contributed by atoms with Gasteiger partial charge in [-0.15, -0.1) is 11.8 Å². The van der Waals surface area contributed by atoms with Crippen molar-refractivity contribution >= 4 is 40.9 Å². The highest BCUT2D eigenvalue weighted by atomic mass is 35.5. The maximum absolute atomic E-state index is 12.8. The maximum atomic E-state index is 12.8. The number of hydrogen-bond acceptors (Lipinski definition) is 3. The molecule has 1 unspecified atom stereocenters. The van der Waals surface area contributed by atoms with Crippen molar-refractivity contribution in [1.82, 2.24) is 5.32 Å². The molecule has 1 N–H and O–H groups in total. The number of carbonyl (C=O) groups is 1. The highest BCUT2D eigenvalue weighted by Gasteiger charge is 2.14. The normalized spacial score (nSPS) is 11.7. The Labute approximate surface area is 185 Å². The number of methoxy groups -OCH3 is 1. The van der Waals surface area contributed by atoms with Crippen molar-refractivity contribution in [2.24, 2.45) is 0 Å². The fraction of sp³-hybridized carbons (Fsp3) is 0.174. The fourth-order valence-electron chi connectivity index (χ4n) is 2.84. The van der Waals surface area contributed by atoms with E-state index in [2.05, 4.69) is 5.32 Å². The molecule has 0 heterocycles. The summed E-state index contributed by atoms with van der Waals surface area (Å²) >= 11 is 13.5. The molecule has 0 aliphatic rings. The van der Waals surface area contributed by atoms with Gasteiger partial charge in [0.15, 0.2) is 0 Å². The van der Waals surface area contributed by atoms with E-state index in [-0.39, 0.29) is 11.9 Å². The summed E-state index contributed by atoms with van der Waals surface area (Å²) in [5.41, 5.74) is 2.55. The summed E-state index contributed by atoms with van der Waals surface area (Å²) in [5, 5.41) is 4.41. The van der Waals surface area contributed by atoms with Crippen LogP contribution in [0.2, 0.25) is 10.0 Å².